The lowest BCUT2D eigenvalue weighted by Gasteiger charge is -2.51. The first-order valence-corrected chi connectivity index (χ1v) is 21.0. The Labute approximate surface area is 354 Å². The van der Waals surface area contributed by atoms with Gasteiger partial charge in [-0.1, -0.05) is 200 Å². The standard InChI is InChI=1S/C58H36N2O/c1-2-18-37(19-3-1)55-43-24-8-16-32-52(43)59-56(60-55)42-23-5-4-20-39(42)38-34-35-51-54(36-38)61-53-33-17-15-31-50(53)58(51)48-29-13-11-27-46(48)57(47-28-12-14-30-49(47)58)44-25-9-6-21-40(44)41-22-7-10-26-45(41)57/h1-36H. The van der Waals surface area contributed by atoms with Crippen molar-refractivity contribution in [2.75, 3.05) is 0 Å². The maximum absolute atomic E-state index is 7.08. The van der Waals surface area contributed by atoms with Crippen molar-refractivity contribution in [1.29, 1.82) is 0 Å². The normalized spacial score (nSPS) is 14.3. The first kappa shape index (κ1) is 34.0. The molecule has 13 rings (SSSR count). The molecule has 0 fully saturated rings. The summed E-state index contributed by atoms with van der Waals surface area (Å²) in [5, 5.41) is 1.03. The van der Waals surface area contributed by atoms with Crippen molar-refractivity contribution in [1.82, 2.24) is 9.97 Å². The minimum absolute atomic E-state index is 0.504. The van der Waals surface area contributed by atoms with Gasteiger partial charge in [-0.2, -0.15) is 0 Å². The lowest BCUT2D eigenvalue weighted by atomic mass is 9.51. The fourth-order valence-corrected chi connectivity index (χ4v) is 11.1. The number of nitrogens with zero attached hydrogens (tertiary/aromatic N) is 2. The molecule has 284 valence electrons. The summed E-state index contributed by atoms with van der Waals surface area (Å²) in [6.07, 6.45) is 0. The van der Waals surface area contributed by atoms with Crippen LogP contribution in [0.4, 0.5) is 0 Å². The second-order valence-corrected chi connectivity index (χ2v) is 16.3. The molecule has 2 heterocycles. The van der Waals surface area contributed by atoms with Gasteiger partial charge in [-0.3, -0.25) is 0 Å². The fourth-order valence-electron chi connectivity index (χ4n) is 11.1. The van der Waals surface area contributed by atoms with Gasteiger partial charge in [0.2, 0.25) is 0 Å². The predicted octanol–water partition coefficient (Wildman–Crippen LogP) is 13.8. The van der Waals surface area contributed by atoms with Crippen LogP contribution < -0.4 is 4.74 Å². The van der Waals surface area contributed by atoms with E-state index < -0.39 is 10.8 Å². The Morgan fingerprint density at radius 1 is 0.311 bits per heavy atom. The van der Waals surface area contributed by atoms with Crippen LogP contribution in [0.3, 0.4) is 0 Å². The van der Waals surface area contributed by atoms with E-state index in [1.165, 1.54) is 44.5 Å². The topological polar surface area (TPSA) is 35.0 Å². The van der Waals surface area contributed by atoms with E-state index in [0.29, 0.717) is 5.82 Å². The number of benzene rings is 9. The maximum atomic E-state index is 7.08. The zero-order valence-corrected chi connectivity index (χ0v) is 33.1. The smallest absolute Gasteiger partial charge is 0.161 e. The highest BCUT2D eigenvalue weighted by atomic mass is 16.5. The average Bonchev–Trinajstić information content (AvgIpc) is 3.63. The van der Waals surface area contributed by atoms with Crippen molar-refractivity contribution in [2.24, 2.45) is 0 Å². The fraction of sp³-hybridized carbons (Fsp3) is 0.0345. The molecule has 3 heteroatoms. The molecule has 0 radical (unpaired) electrons. The Kier molecular flexibility index (Phi) is 7.15. The zero-order chi connectivity index (χ0) is 40.1. The van der Waals surface area contributed by atoms with E-state index in [9.17, 15) is 0 Å². The van der Waals surface area contributed by atoms with Crippen molar-refractivity contribution in [3.05, 3.63) is 263 Å². The van der Waals surface area contributed by atoms with Gasteiger partial charge in [0.05, 0.1) is 22.0 Å². The molecule has 0 N–H and O–H groups in total. The average molecular weight is 777 g/mol. The summed E-state index contributed by atoms with van der Waals surface area (Å²) in [5.41, 5.74) is 17.4. The largest absolute Gasteiger partial charge is 0.457 e. The van der Waals surface area contributed by atoms with Gasteiger partial charge in [0, 0.05) is 27.6 Å². The lowest BCUT2D eigenvalue weighted by Crippen LogP contribution is -2.45. The molecule has 9 aromatic carbocycles. The Morgan fingerprint density at radius 3 is 1.44 bits per heavy atom. The number of fused-ring (bicyclic) bond motifs is 16. The molecular weight excluding hydrogens is 741 g/mol. The third-order valence-corrected chi connectivity index (χ3v) is 13.4. The number of rotatable bonds is 3. The van der Waals surface area contributed by atoms with Crippen LogP contribution in [0.15, 0.2) is 218 Å². The van der Waals surface area contributed by atoms with Crippen LogP contribution >= 0.6 is 0 Å². The Balaban J connectivity index is 1.06. The van der Waals surface area contributed by atoms with E-state index in [1.54, 1.807) is 0 Å². The molecule has 3 aliphatic rings. The summed E-state index contributed by atoms with van der Waals surface area (Å²) in [6.45, 7) is 0. The molecule has 0 unspecified atom stereocenters. The van der Waals surface area contributed by atoms with Gasteiger partial charge in [0.15, 0.2) is 5.82 Å². The van der Waals surface area contributed by atoms with Gasteiger partial charge in [-0.15, -0.1) is 0 Å². The quantitative estimate of drug-likeness (QED) is 0.179. The summed E-state index contributed by atoms with van der Waals surface area (Å²) in [7, 11) is 0. The molecule has 0 saturated carbocycles. The molecule has 0 amide bonds. The van der Waals surface area contributed by atoms with Crippen LogP contribution in [0.5, 0.6) is 11.5 Å². The van der Waals surface area contributed by atoms with Crippen LogP contribution in [0.1, 0.15) is 44.5 Å². The van der Waals surface area contributed by atoms with Crippen LogP contribution in [-0.2, 0) is 10.8 Å². The second-order valence-electron chi connectivity index (χ2n) is 16.3. The molecule has 2 aliphatic carbocycles. The van der Waals surface area contributed by atoms with E-state index in [4.69, 9.17) is 14.7 Å². The number of aromatic nitrogens is 2. The molecule has 10 aromatic rings. The Morgan fingerprint density at radius 2 is 0.787 bits per heavy atom. The number of ether oxygens (including phenoxy) is 1. The molecule has 61 heavy (non-hydrogen) atoms. The predicted molar refractivity (Wildman–Crippen MR) is 245 cm³/mol. The highest BCUT2D eigenvalue weighted by Crippen LogP contribution is 2.67. The SMILES string of the molecule is c1ccc(-c2nc(-c3ccccc3-c3ccc4c(c3)Oc3ccccc3C43c4ccccc4C4(c5ccccc5-c5ccccc54)c4ccccc43)nc3ccccc23)cc1. The molecule has 1 aromatic heterocycles. The van der Waals surface area contributed by atoms with Gasteiger partial charge < -0.3 is 4.74 Å². The summed E-state index contributed by atoms with van der Waals surface area (Å²) in [5.74, 6) is 2.38. The highest BCUT2D eigenvalue weighted by Gasteiger charge is 2.58. The van der Waals surface area contributed by atoms with Crippen LogP contribution in [0, 0.1) is 0 Å². The third kappa shape index (κ3) is 4.52. The summed E-state index contributed by atoms with van der Waals surface area (Å²) in [4.78, 5) is 10.5. The van der Waals surface area contributed by atoms with Crippen molar-refractivity contribution >= 4 is 10.9 Å². The molecule has 2 spiro atoms. The first-order chi connectivity index (χ1) is 30.3. The summed E-state index contributed by atoms with van der Waals surface area (Å²) < 4.78 is 7.08. The van der Waals surface area contributed by atoms with Crippen molar-refractivity contribution in [2.45, 2.75) is 10.8 Å². The first-order valence-electron chi connectivity index (χ1n) is 21.0. The van der Waals surface area contributed by atoms with Gasteiger partial charge >= 0.3 is 0 Å². The molecule has 0 bridgehead atoms. The number of hydrogen-bond acceptors (Lipinski definition) is 3. The molecule has 1 aliphatic heterocycles. The molecule has 3 nitrogen and oxygen atoms in total. The van der Waals surface area contributed by atoms with Crippen LogP contribution in [0.25, 0.3) is 55.8 Å². The van der Waals surface area contributed by atoms with E-state index in [2.05, 4.69) is 206 Å². The van der Waals surface area contributed by atoms with Crippen molar-refractivity contribution < 1.29 is 4.74 Å². The second kappa shape index (κ2) is 12.8. The zero-order valence-electron chi connectivity index (χ0n) is 33.1. The van der Waals surface area contributed by atoms with E-state index in [0.717, 1.165) is 61.5 Å². The van der Waals surface area contributed by atoms with E-state index >= 15 is 0 Å². The van der Waals surface area contributed by atoms with Crippen LogP contribution in [0.2, 0.25) is 0 Å². The maximum Gasteiger partial charge on any atom is 0.161 e. The van der Waals surface area contributed by atoms with E-state index in [-0.39, 0.29) is 0 Å². The number of hydrogen-bond donors (Lipinski definition) is 0. The molecular formula is C58H36N2O. The van der Waals surface area contributed by atoms with Crippen molar-refractivity contribution in [3.63, 3.8) is 0 Å². The molecule has 0 atom stereocenters. The minimum atomic E-state index is -0.667. The Hall–Kier alpha value is -7.88. The van der Waals surface area contributed by atoms with Gasteiger partial charge in [-0.05, 0) is 73.8 Å². The van der Waals surface area contributed by atoms with Crippen LogP contribution in [-0.4, -0.2) is 9.97 Å². The van der Waals surface area contributed by atoms with Gasteiger partial charge in [0.1, 0.15) is 11.5 Å². The Bertz CT molecular complexity index is 3330. The van der Waals surface area contributed by atoms with Gasteiger partial charge in [0.25, 0.3) is 0 Å². The minimum Gasteiger partial charge on any atom is -0.457 e. The van der Waals surface area contributed by atoms with Gasteiger partial charge in [-0.25, -0.2) is 9.97 Å². The molecule has 0 saturated heterocycles. The summed E-state index contributed by atoms with van der Waals surface area (Å²) >= 11 is 0. The highest BCUT2D eigenvalue weighted by molar-refractivity contribution is 5.95. The third-order valence-electron chi connectivity index (χ3n) is 13.4. The van der Waals surface area contributed by atoms with Crippen molar-refractivity contribution in [3.8, 4) is 56.4 Å². The summed E-state index contributed by atoms with van der Waals surface area (Å²) in [6, 6.07) is 79.0. The van der Waals surface area contributed by atoms with E-state index in [1.807, 2.05) is 12.1 Å². The lowest BCUT2D eigenvalue weighted by molar-refractivity contribution is 0.429. The monoisotopic (exact) mass is 776 g/mol. The number of para-hydroxylation sites is 2.